The first kappa shape index (κ1) is 47.7. The minimum absolute atomic E-state index is 0.0189. The number of hydrogen-bond donors (Lipinski definition) is 10. The van der Waals surface area contributed by atoms with Gasteiger partial charge in [-0.15, -0.1) is 0 Å². The molecule has 4 rings (SSSR count). The number of H-pyrrole nitrogens is 1. The number of carbonyl (C=O) groups is 7. The van der Waals surface area contributed by atoms with Gasteiger partial charge in [0.25, 0.3) is 0 Å². The summed E-state index contributed by atoms with van der Waals surface area (Å²) in [6, 6.07) is 4.92. The highest BCUT2D eigenvalue weighted by Crippen LogP contribution is 2.23. The fraction of sp³-hybridized carbons (Fsp3) is 0.512. The molecule has 1 aromatic heterocycles. The molecule has 332 valence electrons. The minimum Gasteiger partial charge on any atom is -0.508 e. The maximum Gasteiger partial charge on any atom is 0.328 e. The molecule has 8 atom stereocenters. The molecule has 0 unspecified atom stereocenters. The van der Waals surface area contributed by atoms with Gasteiger partial charge in [-0.2, -0.15) is 0 Å². The highest BCUT2D eigenvalue weighted by Gasteiger charge is 2.40. The second kappa shape index (κ2) is 21.5. The van der Waals surface area contributed by atoms with E-state index in [1.165, 1.54) is 30.9 Å². The molecule has 2 heterocycles. The van der Waals surface area contributed by atoms with Crippen LogP contribution in [0, 0.1) is 11.8 Å². The number of amides is 6. The molecule has 11 N–H and O–H groups in total. The van der Waals surface area contributed by atoms with Crippen molar-refractivity contribution in [3.63, 3.8) is 0 Å². The van der Waals surface area contributed by atoms with E-state index < -0.39 is 89.8 Å². The Bertz CT molecular complexity index is 2030. The third kappa shape index (κ3) is 13.0. The number of phenols is 1. The van der Waals surface area contributed by atoms with Crippen molar-refractivity contribution in [2.45, 2.75) is 122 Å². The summed E-state index contributed by atoms with van der Waals surface area (Å²) in [7, 11) is 0. The van der Waals surface area contributed by atoms with Crippen LogP contribution in [0.4, 0.5) is 0 Å². The van der Waals surface area contributed by atoms with Crippen molar-refractivity contribution in [2.75, 3.05) is 6.54 Å². The summed E-state index contributed by atoms with van der Waals surface area (Å²) < 4.78 is 0. The van der Waals surface area contributed by atoms with Crippen molar-refractivity contribution >= 4 is 52.3 Å². The summed E-state index contributed by atoms with van der Waals surface area (Å²) in [5, 5.41) is 43.5. The second-order valence-electron chi connectivity index (χ2n) is 16.5. The van der Waals surface area contributed by atoms with E-state index in [-0.39, 0.29) is 43.4 Å². The molecule has 18 heteroatoms. The number of rotatable bonds is 20. The molecule has 2 aromatic carbocycles. The second-order valence-corrected chi connectivity index (χ2v) is 16.5. The molecular weight excluding hydrogens is 789 g/mol. The summed E-state index contributed by atoms with van der Waals surface area (Å²) >= 11 is 0. The van der Waals surface area contributed by atoms with Crippen LogP contribution in [-0.2, 0) is 46.4 Å². The maximum absolute atomic E-state index is 14.4. The number of carboxylic acid groups (broad SMARTS) is 1. The Balaban J connectivity index is 1.55. The molecule has 0 radical (unpaired) electrons. The van der Waals surface area contributed by atoms with E-state index in [1.807, 2.05) is 32.0 Å². The van der Waals surface area contributed by atoms with Gasteiger partial charge in [0.1, 0.15) is 36.0 Å². The molecule has 1 aliphatic heterocycles. The summed E-state index contributed by atoms with van der Waals surface area (Å²) in [6.07, 6.45) is 1.11. The fourth-order valence-electron chi connectivity index (χ4n) is 7.29. The van der Waals surface area contributed by atoms with Gasteiger partial charge in [-0.25, -0.2) is 4.79 Å². The molecule has 6 amide bonds. The Labute approximate surface area is 354 Å². The standard InChI is InChI=1S/C43H60N8O10/c1-22(2)18-30(44)38(55)49-35(23(3)4)41(58)46-24(5)37(54)48-33(19-26-13-15-28(53)16-14-26)42(59)51-17-9-12-34(51)40(57)47-32(39(56)50-36(25(6)52)43(60)61)20-27-21-45-31-11-8-7-10-29(27)31/h7-8,10-11,13-16,21-25,30,32-36,45,52-53H,9,12,17-20,44H2,1-6H3,(H,46,58)(H,47,57)(H,48,54)(H,49,55)(H,50,56)(H,60,61)/t24-,25+,30-,32-,33-,34-,35-,36-/m0/s1. The van der Waals surface area contributed by atoms with Crippen LogP contribution in [0.15, 0.2) is 54.7 Å². The number of nitrogens with zero attached hydrogens (tertiary/aromatic N) is 1. The van der Waals surface area contributed by atoms with Crippen LogP contribution in [0.2, 0.25) is 0 Å². The molecular formula is C43H60N8O10. The number of aliphatic carboxylic acids is 1. The Morgan fingerprint density at radius 1 is 0.787 bits per heavy atom. The van der Waals surface area contributed by atoms with Gasteiger partial charge in [0, 0.05) is 36.5 Å². The third-order valence-corrected chi connectivity index (χ3v) is 10.7. The maximum atomic E-state index is 14.4. The van der Waals surface area contributed by atoms with Gasteiger partial charge in [-0.3, -0.25) is 28.8 Å². The third-order valence-electron chi connectivity index (χ3n) is 10.7. The van der Waals surface area contributed by atoms with Gasteiger partial charge in [0.15, 0.2) is 6.04 Å². The minimum atomic E-state index is -1.67. The number of para-hydroxylation sites is 1. The largest absolute Gasteiger partial charge is 0.508 e. The van der Waals surface area contributed by atoms with Gasteiger partial charge in [-0.1, -0.05) is 58.0 Å². The van der Waals surface area contributed by atoms with Gasteiger partial charge in [0.2, 0.25) is 35.4 Å². The molecule has 0 aliphatic carbocycles. The lowest BCUT2D eigenvalue weighted by atomic mass is 10.00. The van der Waals surface area contributed by atoms with Crippen LogP contribution in [0.5, 0.6) is 5.75 Å². The molecule has 1 fully saturated rings. The number of likely N-dealkylation sites (tertiary alicyclic amines) is 1. The number of benzene rings is 2. The van der Waals surface area contributed by atoms with E-state index in [9.17, 15) is 48.9 Å². The molecule has 18 nitrogen and oxygen atoms in total. The number of nitrogens with two attached hydrogens (primary N) is 1. The number of aromatic amines is 1. The number of carbonyl (C=O) groups excluding carboxylic acids is 6. The van der Waals surface area contributed by atoms with Crippen LogP contribution in [0.3, 0.4) is 0 Å². The number of nitrogens with one attached hydrogen (secondary N) is 6. The van der Waals surface area contributed by atoms with Crippen molar-refractivity contribution < 1.29 is 48.9 Å². The molecule has 0 bridgehead atoms. The Kier molecular flexibility index (Phi) is 16.8. The number of carboxylic acids is 1. The molecule has 1 aliphatic rings. The molecule has 1 saturated heterocycles. The SMILES string of the molecule is CC(C)C[C@H](N)C(=O)N[C@H](C(=O)N[C@@H](C)C(=O)N[C@@H](Cc1ccc(O)cc1)C(=O)N1CCC[C@H]1C(=O)N[C@@H](Cc1c[nH]c2ccccc12)C(=O)N[C@H](C(=O)O)[C@@H](C)O)C(C)C. The van der Waals surface area contributed by atoms with E-state index in [1.54, 1.807) is 38.2 Å². The lowest BCUT2D eigenvalue weighted by Crippen LogP contribution is -2.60. The van der Waals surface area contributed by atoms with Crippen molar-refractivity contribution in [3.8, 4) is 5.75 Å². The number of phenolic OH excluding ortho intramolecular Hbond substituents is 1. The Morgan fingerprint density at radius 3 is 2.07 bits per heavy atom. The first-order valence-corrected chi connectivity index (χ1v) is 20.6. The van der Waals surface area contributed by atoms with E-state index in [4.69, 9.17) is 5.73 Å². The zero-order valence-electron chi connectivity index (χ0n) is 35.4. The lowest BCUT2D eigenvalue weighted by Gasteiger charge is -2.31. The van der Waals surface area contributed by atoms with Crippen LogP contribution in [0.25, 0.3) is 10.9 Å². The van der Waals surface area contributed by atoms with Crippen molar-refractivity contribution in [1.82, 2.24) is 36.5 Å². The van der Waals surface area contributed by atoms with Gasteiger partial charge < -0.3 is 57.5 Å². The predicted octanol–water partition coefficient (Wildman–Crippen LogP) is 0.588. The number of hydrogen-bond acceptors (Lipinski definition) is 10. The predicted molar refractivity (Wildman–Crippen MR) is 225 cm³/mol. The number of fused-ring (bicyclic) bond motifs is 1. The average molecular weight is 849 g/mol. The smallest absolute Gasteiger partial charge is 0.328 e. The highest BCUT2D eigenvalue weighted by atomic mass is 16.4. The number of aliphatic hydroxyl groups excluding tert-OH is 1. The monoisotopic (exact) mass is 848 g/mol. The molecule has 0 spiro atoms. The Hall–Kier alpha value is -6.01. The summed E-state index contributed by atoms with van der Waals surface area (Å²) in [6.45, 7) is 10.1. The van der Waals surface area contributed by atoms with Crippen LogP contribution >= 0.6 is 0 Å². The summed E-state index contributed by atoms with van der Waals surface area (Å²) in [5.74, 6) is -5.75. The van der Waals surface area contributed by atoms with Crippen LogP contribution < -0.4 is 32.3 Å². The number of aromatic hydroxyl groups is 1. The van der Waals surface area contributed by atoms with E-state index in [0.29, 0.717) is 24.0 Å². The Morgan fingerprint density at radius 2 is 1.44 bits per heavy atom. The molecule has 0 saturated carbocycles. The first-order valence-electron chi connectivity index (χ1n) is 20.6. The zero-order chi connectivity index (χ0) is 45.1. The van der Waals surface area contributed by atoms with Crippen molar-refractivity contribution in [1.29, 1.82) is 0 Å². The van der Waals surface area contributed by atoms with Crippen LogP contribution in [0.1, 0.15) is 71.9 Å². The van der Waals surface area contributed by atoms with Crippen LogP contribution in [-0.4, -0.2) is 122 Å². The van der Waals surface area contributed by atoms with E-state index in [0.717, 1.165) is 10.9 Å². The van der Waals surface area contributed by atoms with Gasteiger partial charge in [0.05, 0.1) is 12.1 Å². The zero-order valence-corrected chi connectivity index (χ0v) is 35.4. The highest BCUT2D eigenvalue weighted by molar-refractivity contribution is 5.97. The van der Waals surface area contributed by atoms with Gasteiger partial charge in [-0.05, 0) is 74.3 Å². The fourth-order valence-corrected chi connectivity index (χ4v) is 7.29. The van der Waals surface area contributed by atoms with Gasteiger partial charge >= 0.3 is 5.97 Å². The molecule has 61 heavy (non-hydrogen) atoms. The summed E-state index contributed by atoms with van der Waals surface area (Å²) in [4.78, 5) is 98.5. The first-order chi connectivity index (χ1) is 28.8. The average Bonchev–Trinajstić information content (AvgIpc) is 3.86. The summed E-state index contributed by atoms with van der Waals surface area (Å²) in [5.41, 5.74) is 8.02. The number of aromatic nitrogens is 1. The number of aliphatic hydroxyl groups is 1. The van der Waals surface area contributed by atoms with E-state index >= 15 is 0 Å². The van der Waals surface area contributed by atoms with Crippen molar-refractivity contribution in [3.05, 3.63) is 65.9 Å². The van der Waals surface area contributed by atoms with E-state index in [2.05, 4.69) is 31.6 Å². The van der Waals surface area contributed by atoms with Crippen molar-refractivity contribution in [2.24, 2.45) is 17.6 Å². The molecule has 3 aromatic rings. The normalized spacial score (nSPS) is 17.4. The topological polar surface area (TPSA) is 285 Å². The lowest BCUT2D eigenvalue weighted by molar-refractivity contribution is -0.145. The quantitative estimate of drug-likeness (QED) is 0.0751.